The second-order valence-corrected chi connectivity index (χ2v) is 6.07. The minimum absolute atomic E-state index is 0.0564. The number of hydrogen-bond donors (Lipinski definition) is 1. The largest absolute Gasteiger partial charge is 0.421 e. The Balaban J connectivity index is 1.59. The van der Waals surface area contributed by atoms with Crippen LogP contribution in [-0.2, 0) is 11.2 Å². The van der Waals surface area contributed by atoms with E-state index in [-0.39, 0.29) is 18.1 Å². The summed E-state index contributed by atoms with van der Waals surface area (Å²) in [6.45, 7) is 1.48. The van der Waals surface area contributed by atoms with Gasteiger partial charge in [-0.1, -0.05) is 35.9 Å². The lowest BCUT2D eigenvalue weighted by Gasteiger charge is -2.05. The summed E-state index contributed by atoms with van der Waals surface area (Å²) in [5.41, 5.74) is 1.77. The van der Waals surface area contributed by atoms with Gasteiger partial charge in [-0.25, -0.2) is 0 Å². The van der Waals surface area contributed by atoms with E-state index in [2.05, 4.69) is 15.5 Å². The maximum absolute atomic E-state index is 12.1. The Kier molecular flexibility index (Phi) is 5.43. The lowest BCUT2D eigenvalue weighted by atomic mass is 10.1. The Hall–Kier alpha value is -2.99. The monoisotopic (exact) mass is 369 g/mol. The highest BCUT2D eigenvalue weighted by Crippen LogP contribution is 2.26. The van der Waals surface area contributed by atoms with Gasteiger partial charge in [-0.3, -0.25) is 9.59 Å². The fourth-order valence-corrected chi connectivity index (χ4v) is 2.57. The van der Waals surface area contributed by atoms with E-state index in [0.29, 0.717) is 40.0 Å². The minimum Gasteiger partial charge on any atom is -0.421 e. The number of aryl methyl sites for hydroxylation is 1. The highest BCUT2D eigenvalue weighted by atomic mass is 35.5. The van der Waals surface area contributed by atoms with Gasteiger partial charge in [-0.05, 0) is 31.2 Å². The van der Waals surface area contributed by atoms with Gasteiger partial charge < -0.3 is 9.73 Å². The van der Waals surface area contributed by atoms with E-state index < -0.39 is 0 Å². The summed E-state index contributed by atoms with van der Waals surface area (Å²) >= 11 is 6.10. The molecule has 0 unspecified atom stereocenters. The van der Waals surface area contributed by atoms with Crippen molar-refractivity contribution in [1.82, 2.24) is 10.2 Å². The van der Waals surface area contributed by atoms with Crippen LogP contribution in [0.15, 0.2) is 52.9 Å². The number of carbonyl (C=O) groups excluding carboxylic acids is 2. The average molecular weight is 370 g/mol. The molecule has 1 amide bonds. The quantitative estimate of drug-likeness (QED) is 0.659. The van der Waals surface area contributed by atoms with Gasteiger partial charge in [0, 0.05) is 24.1 Å². The number of nitrogens with one attached hydrogen (secondary N) is 1. The van der Waals surface area contributed by atoms with E-state index in [1.54, 1.807) is 36.4 Å². The van der Waals surface area contributed by atoms with Crippen molar-refractivity contribution in [1.29, 1.82) is 0 Å². The first-order valence-electron chi connectivity index (χ1n) is 8.01. The molecule has 3 aromatic rings. The molecule has 7 heteroatoms. The Morgan fingerprint density at radius 3 is 2.69 bits per heavy atom. The SMILES string of the molecule is CC(=O)c1cccc(NC(=O)CCc2nnc(-c3ccccc3Cl)o2)c1. The van der Waals surface area contributed by atoms with E-state index >= 15 is 0 Å². The number of Topliss-reactive ketones (excluding diaryl/α,β-unsaturated/α-hetero) is 1. The first kappa shape index (κ1) is 17.8. The van der Waals surface area contributed by atoms with Gasteiger partial charge >= 0.3 is 0 Å². The van der Waals surface area contributed by atoms with Crippen LogP contribution in [0.25, 0.3) is 11.5 Å². The topological polar surface area (TPSA) is 85.1 Å². The molecule has 0 aliphatic carbocycles. The van der Waals surface area contributed by atoms with Crippen LogP contribution in [0.3, 0.4) is 0 Å². The van der Waals surface area contributed by atoms with Crippen molar-refractivity contribution in [3.63, 3.8) is 0 Å². The third kappa shape index (κ3) is 4.34. The second kappa shape index (κ2) is 7.93. The summed E-state index contributed by atoms with van der Waals surface area (Å²) in [6, 6.07) is 14.0. The molecule has 26 heavy (non-hydrogen) atoms. The number of halogens is 1. The van der Waals surface area contributed by atoms with Gasteiger partial charge in [0.25, 0.3) is 0 Å². The lowest BCUT2D eigenvalue weighted by Crippen LogP contribution is -2.12. The van der Waals surface area contributed by atoms with Gasteiger partial charge in [0.15, 0.2) is 5.78 Å². The van der Waals surface area contributed by atoms with E-state index in [1.165, 1.54) is 6.92 Å². The molecule has 0 radical (unpaired) electrons. The predicted molar refractivity (Wildman–Crippen MR) is 98.1 cm³/mol. The zero-order valence-electron chi connectivity index (χ0n) is 14.0. The summed E-state index contributed by atoms with van der Waals surface area (Å²) in [5.74, 6) is 0.412. The van der Waals surface area contributed by atoms with Crippen LogP contribution in [0.1, 0.15) is 29.6 Å². The average Bonchev–Trinajstić information content (AvgIpc) is 3.09. The number of rotatable bonds is 6. The van der Waals surface area contributed by atoms with Crippen molar-refractivity contribution in [2.75, 3.05) is 5.32 Å². The van der Waals surface area contributed by atoms with E-state index in [9.17, 15) is 9.59 Å². The summed E-state index contributed by atoms with van der Waals surface area (Å²) in [4.78, 5) is 23.5. The zero-order valence-corrected chi connectivity index (χ0v) is 14.8. The first-order valence-corrected chi connectivity index (χ1v) is 8.39. The third-order valence-corrected chi connectivity index (χ3v) is 4.02. The van der Waals surface area contributed by atoms with Gasteiger partial charge in [0.1, 0.15) is 0 Å². The molecular weight excluding hydrogens is 354 g/mol. The summed E-state index contributed by atoms with van der Waals surface area (Å²) in [5, 5.41) is 11.2. The predicted octanol–water partition coefficient (Wildman–Crippen LogP) is 4.16. The van der Waals surface area contributed by atoms with Crippen molar-refractivity contribution in [2.24, 2.45) is 0 Å². The highest BCUT2D eigenvalue weighted by molar-refractivity contribution is 6.33. The first-order chi connectivity index (χ1) is 12.5. The van der Waals surface area contributed by atoms with Crippen LogP contribution in [0, 0.1) is 0 Å². The Morgan fingerprint density at radius 1 is 1.12 bits per heavy atom. The maximum Gasteiger partial charge on any atom is 0.249 e. The molecule has 6 nitrogen and oxygen atoms in total. The fraction of sp³-hybridized carbons (Fsp3) is 0.158. The maximum atomic E-state index is 12.1. The van der Waals surface area contributed by atoms with Crippen LogP contribution < -0.4 is 5.32 Å². The van der Waals surface area contributed by atoms with Crippen molar-refractivity contribution in [3.05, 3.63) is 65.0 Å². The van der Waals surface area contributed by atoms with Crippen molar-refractivity contribution >= 4 is 29.0 Å². The zero-order chi connectivity index (χ0) is 18.5. The Morgan fingerprint density at radius 2 is 1.92 bits per heavy atom. The molecule has 0 saturated heterocycles. The number of anilines is 1. The number of nitrogens with zero attached hydrogens (tertiary/aromatic N) is 2. The molecule has 0 atom stereocenters. The van der Waals surface area contributed by atoms with Gasteiger partial charge in [0.05, 0.1) is 10.6 Å². The number of benzene rings is 2. The van der Waals surface area contributed by atoms with E-state index in [1.807, 2.05) is 12.1 Å². The molecule has 3 rings (SSSR count). The van der Waals surface area contributed by atoms with Crippen LogP contribution in [0.5, 0.6) is 0 Å². The van der Waals surface area contributed by atoms with Gasteiger partial charge in [0.2, 0.25) is 17.7 Å². The number of hydrogen-bond acceptors (Lipinski definition) is 5. The number of carbonyl (C=O) groups is 2. The molecule has 1 heterocycles. The molecular formula is C19H16ClN3O3. The molecule has 0 fully saturated rings. The second-order valence-electron chi connectivity index (χ2n) is 5.67. The van der Waals surface area contributed by atoms with Crippen LogP contribution in [0.2, 0.25) is 5.02 Å². The van der Waals surface area contributed by atoms with Crippen LogP contribution in [-0.4, -0.2) is 21.9 Å². The van der Waals surface area contributed by atoms with Crippen molar-refractivity contribution in [2.45, 2.75) is 19.8 Å². The molecule has 1 N–H and O–H groups in total. The third-order valence-electron chi connectivity index (χ3n) is 3.69. The molecule has 0 bridgehead atoms. The molecule has 0 aliphatic heterocycles. The van der Waals surface area contributed by atoms with E-state index in [0.717, 1.165) is 0 Å². The highest BCUT2D eigenvalue weighted by Gasteiger charge is 2.13. The molecule has 132 valence electrons. The number of ketones is 1. The van der Waals surface area contributed by atoms with Crippen LogP contribution in [0.4, 0.5) is 5.69 Å². The number of amides is 1. The molecule has 1 aromatic heterocycles. The summed E-state index contributed by atoms with van der Waals surface area (Å²) in [6.07, 6.45) is 0.476. The molecule has 0 aliphatic rings. The normalized spacial score (nSPS) is 10.5. The van der Waals surface area contributed by atoms with Crippen molar-refractivity contribution < 1.29 is 14.0 Å². The van der Waals surface area contributed by atoms with Gasteiger partial charge in [-0.2, -0.15) is 0 Å². The smallest absolute Gasteiger partial charge is 0.249 e. The number of aromatic nitrogens is 2. The molecule has 0 saturated carbocycles. The van der Waals surface area contributed by atoms with E-state index in [4.69, 9.17) is 16.0 Å². The molecule has 2 aromatic carbocycles. The molecule has 0 spiro atoms. The Bertz CT molecular complexity index is 952. The summed E-state index contributed by atoms with van der Waals surface area (Å²) in [7, 11) is 0. The van der Waals surface area contributed by atoms with Crippen molar-refractivity contribution in [3.8, 4) is 11.5 Å². The van der Waals surface area contributed by atoms with Gasteiger partial charge in [-0.15, -0.1) is 10.2 Å². The minimum atomic E-state index is -0.205. The summed E-state index contributed by atoms with van der Waals surface area (Å²) < 4.78 is 5.57. The Labute approximate surface area is 155 Å². The fourth-order valence-electron chi connectivity index (χ4n) is 2.36. The van der Waals surface area contributed by atoms with Crippen LogP contribution >= 0.6 is 11.6 Å². The standard InChI is InChI=1S/C19H16ClN3O3/c1-12(24)13-5-4-6-14(11-13)21-17(25)9-10-18-22-23-19(26-18)15-7-2-3-8-16(15)20/h2-8,11H,9-10H2,1H3,(H,21,25). The lowest BCUT2D eigenvalue weighted by molar-refractivity contribution is -0.116.